The summed E-state index contributed by atoms with van der Waals surface area (Å²) >= 11 is 0. The van der Waals surface area contributed by atoms with Crippen LogP contribution in [0.25, 0.3) is 11.1 Å². The van der Waals surface area contributed by atoms with Crippen LogP contribution in [0.3, 0.4) is 0 Å². The monoisotopic (exact) mass is 563 g/mol. The van der Waals surface area contributed by atoms with Gasteiger partial charge in [-0.25, -0.2) is 13.9 Å². The fourth-order valence-corrected chi connectivity index (χ4v) is 8.08. The Morgan fingerprint density at radius 2 is 1.98 bits per heavy atom. The zero-order valence-electron chi connectivity index (χ0n) is 23.5. The first kappa shape index (κ1) is 26.5. The molecule has 8 rings (SSSR count). The number of nitrogens with zero attached hydrogens (tertiary/aromatic N) is 4. The van der Waals surface area contributed by atoms with Crippen LogP contribution in [0.2, 0.25) is 0 Å². The number of aromatic nitrogens is 4. The van der Waals surface area contributed by atoms with E-state index in [2.05, 4.69) is 20.3 Å². The molecule has 0 saturated heterocycles. The summed E-state index contributed by atoms with van der Waals surface area (Å²) in [4.78, 5) is 32.4. The van der Waals surface area contributed by atoms with Gasteiger partial charge in [0.25, 0.3) is 11.4 Å². The van der Waals surface area contributed by atoms with Crippen molar-refractivity contribution in [2.75, 3.05) is 11.4 Å². The van der Waals surface area contributed by atoms with Crippen LogP contribution in [-0.4, -0.2) is 38.5 Å². The SMILES string of the molecule is CC(C)(F)c1nc(C23CCCC(C2)C(CN(C(=O)C24CC(F)(C2)C4)c2cccc(-c4cn[nH]c(=O)c4)c2)CC3)no1. The molecule has 5 aliphatic carbocycles. The van der Waals surface area contributed by atoms with Gasteiger partial charge in [0.15, 0.2) is 11.5 Å². The first-order valence-electron chi connectivity index (χ1n) is 14.7. The summed E-state index contributed by atoms with van der Waals surface area (Å²) in [5.74, 6) is 1.23. The van der Waals surface area contributed by atoms with Crippen molar-refractivity contribution in [2.24, 2.45) is 17.3 Å². The van der Waals surface area contributed by atoms with E-state index in [-0.39, 0.29) is 28.7 Å². The van der Waals surface area contributed by atoms with E-state index < -0.39 is 16.8 Å². The highest BCUT2D eigenvalue weighted by atomic mass is 19.1. The van der Waals surface area contributed by atoms with Gasteiger partial charge in [0.05, 0.1) is 11.6 Å². The van der Waals surface area contributed by atoms with E-state index in [1.54, 1.807) is 6.20 Å². The van der Waals surface area contributed by atoms with Crippen LogP contribution in [0.1, 0.15) is 83.3 Å². The summed E-state index contributed by atoms with van der Waals surface area (Å²) in [5, 5.41) is 10.6. The normalized spacial score (nSPS) is 32.1. The molecule has 5 aliphatic rings. The molecule has 4 bridgehead atoms. The summed E-state index contributed by atoms with van der Waals surface area (Å²) in [6.07, 6.45) is 8.11. The quantitative estimate of drug-likeness (QED) is 0.390. The first-order chi connectivity index (χ1) is 19.5. The van der Waals surface area contributed by atoms with E-state index in [4.69, 9.17) is 4.52 Å². The zero-order chi connectivity index (χ0) is 28.6. The van der Waals surface area contributed by atoms with Gasteiger partial charge in [-0.15, -0.1) is 0 Å². The number of halogens is 2. The number of nitrogens with one attached hydrogen (secondary N) is 1. The lowest BCUT2D eigenvalue weighted by Crippen LogP contribution is -2.70. The van der Waals surface area contributed by atoms with E-state index in [0.29, 0.717) is 43.1 Å². The summed E-state index contributed by atoms with van der Waals surface area (Å²) < 4.78 is 34.3. The average Bonchev–Trinajstić information content (AvgIpc) is 3.43. The smallest absolute Gasteiger partial charge is 0.264 e. The molecule has 2 heterocycles. The minimum Gasteiger partial charge on any atom is -0.336 e. The van der Waals surface area contributed by atoms with Gasteiger partial charge in [0.1, 0.15) is 5.67 Å². The molecule has 41 heavy (non-hydrogen) atoms. The topological polar surface area (TPSA) is 105 Å². The Balaban J connectivity index is 1.17. The third-order valence-corrected chi connectivity index (χ3v) is 10.2. The Labute approximate surface area is 236 Å². The van der Waals surface area contributed by atoms with Crippen molar-refractivity contribution in [1.29, 1.82) is 0 Å². The molecule has 3 unspecified atom stereocenters. The van der Waals surface area contributed by atoms with E-state index in [9.17, 15) is 18.4 Å². The number of hydrogen-bond donors (Lipinski definition) is 1. The first-order valence-corrected chi connectivity index (χ1v) is 14.7. The summed E-state index contributed by atoms with van der Waals surface area (Å²) in [7, 11) is 0. The Kier molecular flexibility index (Phi) is 5.83. The van der Waals surface area contributed by atoms with Gasteiger partial charge in [-0.3, -0.25) is 9.59 Å². The molecular formula is C31H35F2N5O3. The zero-order valence-corrected chi connectivity index (χ0v) is 23.5. The van der Waals surface area contributed by atoms with Gasteiger partial charge < -0.3 is 9.42 Å². The molecule has 0 aliphatic heterocycles. The fourth-order valence-electron chi connectivity index (χ4n) is 8.08. The predicted molar refractivity (Wildman–Crippen MR) is 148 cm³/mol. The molecule has 1 N–H and O–H groups in total. The highest BCUT2D eigenvalue weighted by molar-refractivity contribution is 6.00. The minimum absolute atomic E-state index is 0.00107. The van der Waals surface area contributed by atoms with E-state index >= 15 is 0 Å². The molecule has 3 atom stereocenters. The third kappa shape index (κ3) is 4.41. The lowest BCUT2D eigenvalue weighted by Gasteiger charge is -2.65. The molecule has 216 valence electrons. The van der Waals surface area contributed by atoms with Crippen molar-refractivity contribution in [2.45, 2.75) is 88.4 Å². The van der Waals surface area contributed by atoms with Gasteiger partial charge in [-0.05, 0) is 88.3 Å². The van der Waals surface area contributed by atoms with Gasteiger partial charge in [0.2, 0.25) is 5.91 Å². The standard InChI is InChI=1S/C31H35F2N5O3/c1-28(2,32)26-35-25(37-41-26)29-9-4-6-20(13-29)21(8-10-29)15-38(27(40)30-16-31(33,17-30)18-30)23-7-3-5-19(11-23)22-12-24(39)36-34-14-22/h3,5,7,11-12,14,20-21H,4,6,8-10,13,15-18H2,1-2H3,(H,36,39). The molecule has 1 amide bonds. The number of carbonyl (C=O) groups excluding carboxylic acids is 1. The Hall–Kier alpha value is -3.43. The van der Waals surface area contributed by atoms with E-state index in [0.717, 1.165) is 49.8 Å². The van der Waals surface area contributed by atoms with Crippen LogP contribution in [0.15, 0.2) is 45.8 Å². The third-order valence-electron chi connectivity index (χ3n) is 10.2. The van der Waals surface area contributed by atoms with Crippen LogP contribution >= 0.6 is 0 Å². The van der Waals surface area contributed by atoms with Gasteiger partial charge in [0, 0.05) is 29.3 Å². The Morgan fingerprint density at radius 1 is 1.17 bits per heavy atom. The maximum Gasteiger partial charge on any atom is 0.264 e. The number of hydrogen-bond acceptors (Lipinski definition) is 6. The van der Waals surface area contributed by atoms with Crippen LogP contribution < -0.4 is 10.5 Å². The molecule has 0 radical (unpaired) electrons. The maximum atomic E-state index is 14.5. The number of alkyl halides is 2. The van der Waals surface area contributed by atoms with Crippen molar-refractivity contribution in [3.63, 3.8) is 0 Å². The second kappa shape index (κ2) is 9.03. The van der Waals surface area contributed by atoms with Crippen molar-refractivity contribution < 1.29 is 18.1 Å². The van der Waals surface area contributed by atoms with Gasteiger partial charge in [-0.2, -0.15) is 10.1 Å². The summed E-state index contributed by atoms with van der Waals surface area (Å²) in [6, 6.07) is 9.12. The number of fused-ring (bicyclic) bond motifs is 2. The molecule has 5 fully saturated rings. The van der Waals surface area contributed by atoms with Crippen LogP contribution in [0.5, 0.6) is 0 Å². The number of rotatable bonds is 7. The predicted octanol–water partition coefficient (Wildman–Crippen LogP) is 5.79. The number of benzene rings is 1. The van der Waals surface area contributed by atoms with Crippen LogP contribution in [0, 0.1) is 17.3 Å². The highest BCUT2D eigenvalue weighted by Gasteiger charge is 2.73. The fraction of sp³-hybridized carbons (Fsp3) is 0.581. The van der Waals surface area contributed by atoms with E-state index in [1.165, 1.54) is 19.9 Å². The Bertz CT molecular complexity index is 1540. The largest absolute Gasteiger partial charge is 0.336 e. The van der Waals surface area contributed by atoms with Crippen molar-refractivity contribution in [3.8, 4) is 11.1 Å². The molecule has 3 aromatic rings. The number of aromatic amines is 1. The number of anilines is 1. The highest BCUT2D eigenvalue weighted by Crippen LogP contribution is 2.70. The second-order valence-electron chi connectivity index (χ2n) is 13.6. The Morgan fingerprint density at radius 3 is 2.68 bits per heavy atom. The van der Waals surface area contributed by atoms with Crippen molar-refractivity contribution in [3.05, 3.63) is 58.6 Å². The average molecular weight is 564 g/mol. The van der Waals surface area contributed by atoms with Crippen molar-refractivity contribution >= 4 is 11.6 Å². The molecule has 10 heteroatoms. The minimum atomic E-state index is -1.69. The molecular weight excluding hydrogens is 528 g/mol. The molecule has 5 saturated carbocycles. The summed E-state index contributed by atoms with van der Waals surface area (Å²) in [6.45, 7) is 3.39. The van der Waals surface area contributed by atoms with Gasteiger partial charge in [-0.1, -0.05) is 30.1 Å². The molecule has 8 nitrogen and oxygen atoms in total. The van der Waals surface area contributed by atoms with Gasteiger partial charge >= 0.3 is 0 Å². The summed E-state index contributed by atoms with van der Waals surface area (Å²) in [5.41, 5.74) is -1.79. The molecule has 2 aromatic heterocycles. The maximum absolute atomic E-state index is 14.5. The van der Waals surface area contributed by atoms with Crippen LogP contribution in [0.4, 0.5) is 14.5 Å². The molecule has 0 spiro atoms. The number of H-pyrrole nitrogens is 1. The van der Waals surface area contributed by atoms with E-state index in [1.807, 2.05) is 29.2 Å². The number of amides is 1. The number of carbonyl (C=O) groups is 1. The second-order valence-corrected chi connectivity index (χ2v) is 13.6. The van der Waals surface area contributed by atoms with Crippen LogP contribution in [-0.2, 0) is 15.9 Å². The van der Waals surface area contributed by atoms with Crippen molar-refractivity contribution in [1.82, 2.24) is 20.3 Å². The lowest BCUT2D eigenvalue weighted by molar-refractivity contribution is -0.211. The molecule has 1 aromatic carbocycles. The lowest BCUT2D eigenvalue weighted by atomic mass is 9.42.